The van der Waals surface area contributed by atoms with Crippen molar-refractivity contribution in [2.45, 2.75) is 26.6 Å². The second-order valence-corrected chi connectivity index (χ2v) is 6.93. The third-order valence-electron chi connectivity index (χ3n) is 4.60. The number of benzene rings is 2. The zero-order chi connectivity index (χ0) is 20.5. The number of halogens is 1. The van der Waals surface area contributed by atoms with Gasteiger partial charge in [0.15, 0.2) is 5.96 Å². The molecule has 6 nitrogen and oxygen atoms in total. The van der Waals surface area contributed by atoms with Gasteiger partial charge in [0.25, 0.3) is 0 Å². The Labute approximate surface area is 196 Å². The van der Waals surface area contributed by atoms with E-state index < -0.39 is 0 Å². The molecule has 0 aliphatic heterocycles. The Kier molecular flexibility index (Phi) is 9.66. The molecule has 3 rings (SSSR count). The van der Waals surface area contributed by atoms with Crippen LogP contribution in [0, 0.1) is 0 Å². The molecule has 1 heterocycles. The number of imidazole rings is 1. The molecule has 3 aromatic rings. The lowest BCUT2D eigenvalue weighted by Gasteiger charge is -2.22. The number of aliphatic imine (C=N–C) groups is 1. The Bertz CT molecular complexity index is 910. The molecule has 160 valence electrons. The number of aromatic nitrogens is 2. The van der Waals surface area contributed by atoms with Gasteiger partial charge in [0, 0.05) is 39.1 Å². The lowest BCUT2D eigenvalue weighted by molar-refractivity contribution is 0.414. The lowest BCUT2D eigenvalue weighted by atomic mass is 10.1. The summed E-state index contributed by atoms with van der Waals surface area (Å²) < 4.78 is 7.30. The summed E-state index contributed by atoms with van der Waals surface area (Å²) in [6, 6.07) is 16.7. The summed E-state index contributed by atoms with van der Waals surface area (Å²) in [7, 11) is 3.74. The Balaban J connectivity index is 0.00000320. The number of nitrogens with zero attached hydrogens (tertiary/aromatic N) is 4. The quantitative estimate of drug-likeness (QED) is 0.276. The van der Waals surface area contributed by atoms with E-state index in [1.54, 1.807) is 13.3 Å². The standard InChI is InChI=1S/C23H29N5O.HI/c1-4-25-23(27(2)16-19-8-10-22(29-3)11-9-19)26-15-20-6-5-7-21(14-20)17-28-13-12-24-18-28;/h5-14,18H,4,15-17H2,1-3H3,(H,25,26);1H. The van der Waals surface area contributed by atoms with Crippen molar-refractivity contribution in [1.82, 2.24) is 19.8 Å². The maximum absolute atomic E-state index is 5.24. The van der Waals surface area contributed by atoms with Crippen LogP contribution in [-0.2, 0) is 19.6 Å². The zero-order valence-corrected chi connectivity index (χ0v) is 20.1. The highest BCUT2D eigenvalue weighted by Gasteiger charge is 2.07. The molecule has 0 bridgehead atoms. The zero-order valence-electron chi connectivity index (χ0n) is 17.8. The highest BCUT2D eigenvalue weighted by atomic mass is 127. The molecule has 0 saturated heterocycles. The minimum Gasteiger partial charge on any atom is -0.497 e. The first-order chi connectivity index (χ1) is 14.2. The van der Waals surface area contributed by atoms with Crippen molar-refractivity contribution in [3.63, 3.8) is 0 Å². The number of hydrogen-bond acceptors (Lipinski definition) is 3. The van der Waals surface area contributed by atoms with Gasteiger partial charge in [-0.2, -0.15) is 0 Å². The van der Waals surface area contributed by atoms with Crippen molar-refractivity contribution in [2.75, 3.05) is 20.7 Å². The van der Waals surface area contributed by atoms with Gasteiger partial charge in [0.2, 0.25) is 0 Å². The van der Waals surface area contributed by atoms with Crippen molar-refractivity contribution in [1.29, 1.82) is 0 Å². The van der Waals surface area contributed by atoms with Crippen LogP contribution in [0.15, 0.2) is 72.2 Å². The minimum atomic E-state index is 0. The van der Waals surface area contributed by atoms with Gasteiger partial charge in [-0.3, -0.25) is 0 Å². The van der Waals surface area contributed by atoms with Crippen LogP contribution in [0.3, 0.4) is 0 Å². The van der Waals surface area contributed by atoms with Crippen LogP contribution in [0.2, 0.25) is 0 Å². The Morgan fingerprint density at radius 2 is 1.90 bits per heavy atom. The Morgan fingerprint density at radius 1 is 1.13 bits per heavy atom. The monoisotopic (exact) mass is 519 g/mol. The first-order valence-corrected chi connectivity index (χ1v) is 9.84. The van der Waals surface area contributed by atoms with Gasteiger partial charge >= 0.3 is 0 Å². The second-order valence-electron chi connectivity index (χ2n) is 6.93. The molecule has 0 spiro atoms. The van der Waals surface area contributed by atoms with E-state index in [9.17, 15) is 0 Å². The van der Waals surface area contributed by atoms with Gasteiger partial charge in [-0.05, 0) is 35.7 Å². The van der Waals surface area contributed by atoms with Crippen LogP contribution in [0.5, 0.6) is 5.75 Å². The summed E-state index contributed by atoms with van der Waals surface area (Å²) in [5, 5.41) is 3.39. The highest BCUT2D eigenvalue weighted by molar-refractivity contribution is 14.0. The van der Waals surface area contributed by atoms with E-state index in [0.717, 1.165) is 31.3 Å². The molecule has 1 aromatic heterocycles. The van der Waals surface area contributed by atoms with Crippen LogP contribution in [0.25, 0.3) is 0 Å². The summed E-state index contributed by atoms with van der Waals surface area (Å²) in [6.45, 7) is 5.13. The molecular weight excluding hydrogens is 489 g/mol. The van der Waals surface area contributed by atoms with Gasteiger partial charge in [0.1, 0.15) is 5.75 Å². The van der Waals surface area contributed by atoms with E-state index in [-0.39, 0.29) is 24.0 Å². The first kappa shape index (κ1) is 23.7. The highest BCUT2D eigenvalue weighted by Crippen LogP contribution is 2.13. The molecule has 2 aromatic carbocycles. The smallest absolute Gasteiger partial charge is 0.194 e. The third kappa shape index (κ3) is 7.05. The van der Waals surface area contributed by atoms with Crippen molar-refractivity contribution < 1.29 is 4.74 Å². The van der Waals surface area contributed by atoms with E-state index in [1.165, 1.54) is 16.7 Å². The van der Waals surface area contributed by atoms with E-state index in [4.69, 9.17) is 9.73 Å². The van der Waals surface area contributed by atoms with Crippen LogP contribution >= 0.6 is 24.0 Å². The summed E-state index contributed by atoms with van der Waals surface area (Å²) >= 11 is 0. The van der Waals surface area contributed by atoms with E-state index in [0.29, 0.717) is 6.54 Å². The summed E-state index contributed by atoms with van der Waals surface area (Å²) in [6.07, 6.45) is 5.61. The first-order valence-electron chi connectivity index (χ1n) is 9.84. The van der Waals surface area contributed by atoms with Gasteiger partial charge in [-0.15, -0.1) is 24.0 Å². The average Bonchev–Trinajstić information content (AvgIpc) is 3.25. The second kappa shape index (κ2) is 12.2. The SMILES string of the molecule is CCNC(=NCc1cccc(Cn2ccnc2)c1)N(C)Cc1ccc(OC)cc1.I. The number of rotatable bonds is 8. The predicted molar refractivity (Wildman–Crippen MR) is 132 cm³/mol. The fourth-order valence-electron chi connectivity index (χ4n) is 3.13. The molecule has 7 heteroatoms. The van der Waals surface area contributed by atoms with Crippen LogP contribution < -0.4 is 10.1 Å². The van der Waals surface area contributed by atoms with Gasteiger partial charge in [-0.1, -0.05) is 36.4 Å². The third-order valence-corrected chi connectivity index (χ3v) is 4.60. The molecule has 0 aliphatic rings. The number of nitrogens with one attached hydrogen (secondary N) is 1. The summed E-state index contributed by atoms with van der Waals surface area (Å²) in [4.78, 5) is 11.1. The molecular formula is C23H30IN5O. The van der Waals surface area contributed by atoms with Crippen LogP contribution in [0.1, 0.15) is 23.6 Å². The van der Waals surface area contributed by atoms with Crippen molar-refractivity contribution in [3.8, 4) is 5.75 Å². The topological polar surface area (TPSA) is 54.7 Å². The molecule has 30 heavy (non-hydrogen) atoms. The molecule has 0 aliphatic carbocycles. The molecule has 0 atom stereocenters. The van der Waals surface area contributed by atoms with Gasteiger partial charge in [0.05, 0.1) is 20.0 Å². The van der Waals surface area contributed by atoms with E-state index >= 15 is 0 Å². The number of ether oxygens (including phenoxy) is 1. The number of methoxy groups -OCH3 is 1. The van der Waals surface area contributed by atoms with Gasteiger partial charge in [-0.25, -0.2) is 9.98 Å². The Morgan fingerprint density at radius 3 is 2.57 bits per heavy atom. The normalized spacial score (nSPS) is 11.0. The van der Waals surface area contributed by atoms with Crippen LogP contribution in [-0.4, -0.2) is 41.1 Å². The largest absolute Gasteiger partial charge is 0.497 e. The lowest BCUT2D eigenvalue weighted by Crippen LogP contribution is -2.38. The fourth-order valence-corrected chi connectivity index (χ4v) is 3.13. The molecule has 0 fully saturated rings. The van der Waals surface area contributed by atoms with Crippen LogP contribution in [0.4, 0.5) is 0 Å². The number of hydrogen-bond donors (Lipinski definition) is 1. The average molecular weight is 519 g/mol. The Hall–Kier alpha value is -2.55. The maximum atomic E-state index is 5.24. The fraction of sp³-hybridized carbons (Fsp3) is 0.304. The maximum Gasteiger partial charge on any atom is 0.194 e. The molecule has 0 radical (unpaired) electrons. The predicted octanol–water partition coefficient (Wildman–Crippen LogP) is 4.16. The van der Waals surface area contributed by atoms with Gasteiger partial charge < -0.3 is 19.5 Å². The molecule has 0 amide bonds. The van der Waals surface area contributed by atoms with E-state index in [2.05, 4.69) is 70.1 Å². The van der Waals surface area contributed by atoms with Crippen molar-refractivity contribution >= 4 is 29.9 Å². The molecule has 1 N–H and O–H groups in total. The van der Waals surface area contributed by atoms with E-state index in [1.807, 2.05) is 24.7 Å². The number of guanidine groups is 1. The summed E-state index contributed by atoms with van der Waals surface area (Å²) in [5.41, 5.74) is 3.64. The summed E-state index contributed by atoms with van der Waals surface area (Å²) in [5.74, 6) is 1.76. The van der Waals surface area contributed by atoms with Crippen molar-refractivity contribution in [3.05, 3.63) is 83.9 Å². The molecule has 0 unspecified atom stereocenters. The molecule has 0 saturated carbocycles. The minimum absolute atomic E-state index is 0. The van der Waals surface area contributed by atoms with Crippen molar-refractivity contribution in [2.24, 2.45) is 4.99 Å².